The summed E-state index contributed by atoms with van der Waals surface area (Å²) >= 11 is 0. The van der Waals surface area contributed by atoms with Gasteiger partial charge in [-0.05, 0) is 25.7 Å². The molecule has 2 aromatic heterocycles. The predicted octanol–water partition coefficient (Wildman–Crippen LogP) is 1.31. The molecule has 0 radical (unpaired) electrons. The van der Waals surface area contributed by atoms with Crippen molar-refractivity contribution in [3.8, 4) is 5.95 Å². The first-order chi connectivity index (χ1) is 9.35. The van der Waals surface area contributed by atoms with Gasteiger partial charge >= 0.3 is 0 Å². The summed E-state index contributed by atoms with van der Waals surface area (Å²) in [7, 11) is 0. The van der Waals surface area contributed by atoms with Gasteiger partial charge in [0.05, 0.1) is 0 Å². The third-order valence-electron chi connectivity index (χ3n) is 2.94. The molecule has 3 rings (SSSR count). The van der Waals surface area contributed by atoms with Crippen molar-refractivity contribution >= 4 is 11.9 Å². The molecule has 0 saturated heterocycles. The second-order valence-electron chi connectivity index (χ2n) is 4.61. The van der Waals surface area contributed by atoms with Gasteiger partial charge in [-0.2, -0.15) is 15.0 Å². The molecule has 100 valence electrons. The summed E-state index contributed by atoms with van der Waals surface area (Å²) in [6.07, 6.45) is 7.79. The normalized spacial score (nSPS) is 14.4. The Balaban J connectivity index is 1.84. The van der Waals surface area contributed by atoms with Gasteiger partial charge in [-0.1, -0.05) is 0 Å². The number of imidazole rings is 1. The van der Waals surface area contributed by atoms with Crippen molar-refractivity contribution in [3.05, 3.63) is 18.7 Å². The highest BCUT2D eigenvalue weighted by atomic mass is 15.3. The lowest BCUT2D eigenvalue weighted by Gasteiger charge is -2.09. The molecular weight excluding hydrogens is 242 g/mol. The van der Waals surface area contributed by atoms with Gasteiger partial charge < -0.3 is 10.6 Å². The average molecular weight is 259 g/mol. The number of nitrogens with zero attached hydrogens (tertiary/aromatic N) is 5. The van der Waals surface area contributed by atoms with E-state index < -0.39 is 0 Å². The molecule has 0 atom stereocenters. The Morgan fingerprint density at radius 1 is 1.21 bits per heavy atom. The summed E-state index contributed by atoms with van der Waals surface area (Å²) in [6.45, 7) is 3.71. The number of hydrogen-bond donors (Lipinski definition) is 2. The molecule has 1 saturated carbocycles. The fourth-order valence-electron chi connectivity index (χ4n) is 1.73. The van der Waals surface area contributed by atoms with E-state index in [1.54, 1.807) is 17.1 Å². The van der Waals surface area contributed by atoms with E-state index in [0.29, 0.717) is 17.8 Å². The maximum Gasteiger partial charge on any atom is 0.241 e. The number of nitrogens with one attached hydrogen (secondary N) is 2. The van der Waals surface area contributed by atoms with Crippen LogP contribution in [0.4, 0.5) is 11.9 Å². The van der Waals surface area contributed by atoms with Crippen LogP contribution in [0.15, 0.2) is 18.7 Å². The van der Waals surface area contributed by atoms with Crippen LogP contribution in [0.25, 0.3) is 5.95 Å². The van der Waals surface area contributed by atoms with Crippen molar-refractivity contribution < 1.29 is 0 Å². The Morgan fingerprint density at radius 2 is 2.00 bits per heavy atom. The lowest BCUT2D eigenvalue weighted by molar-refractivity contribution is 0.848. The van der Waals surface area contributed by atoms with E-state index in [0.717, 1.165) is 19.0 Å². The van der Waals surface area contributed by atoms with Crippen LogP contribution < -0.4 is 10.6 Å². The minimum atomic E-state index is 0.571. The minimum Gasteiger partial charge on any atom is -0.354 e. The van der Waals surface area contributed by atoms with E-state index >= 15 is 0 Å². The topological polar surface area (TPSA) is 80.5 Å². The highest BCUT2D eigenvalue weighted by molar-refractivity contribution is 5.38. The van der Waals surface area contributed by atoms with E-state index in [-0.39, 0.29) is 0 Å². The maximum absolute atomic E-state index is 4.41. The van der Waals surface area contributed by atoms with Crippen LogP contribution in [0.2, 0.25) is 0 Å². The molecule has 2 aromatic rings. The number of rotatable bonds is 6. The Hall–Kier alpha value is -2.18. The molecule has 0 aromatic carbocycles. The summed E-state index contributed by atoms with van der Waals surface area (Å²) in [6, 6.07) is 0. The Labute approximate surface area is 111 Å². The summed E-state index contributed by atoms with van der Waals surface area (Å²) in [5.74, 6) is 2.54. The molecule has 2 heterocycles. The molecule has 0 amide bonds. The van der Waals surface area contributed by atoms with Crippen molar-refractivity contribution in [1.82, 2.24) is 24.5 Å². The largest absolute Gasteiger partial charge is 0.354 e. The third-order valence-corrected chi connectivity index (χ3v) is 2.94. The van der Waals surface area contributed by atoms with Crippen molar-refractivity contribution in [3.63, 3.8) is 0 Å². The molecule has 1 aliphatic carbocycles. The van der Waals surface area contributed by atoms with Gasteiger partial charge in [0, 0.05) is 25.5 Å². The summed E-state index contributed by atoms with van der Waals surface area (Å²) in [5.41, 5.74) is 0. The zero-order valence-corrected chi connectivity index (χ0v) is 10.9. The second kappa shape index (κ2) is 5.21. The summed E-state index contributed by atoms with van der Waals surface area (Å²) < 4.78 is 1.77. The van der Waals surface area contributed by atoms with E-state index in [1.807, 2.05) is 13.1 Å². The molecule has 7 nitrogen and oxygen atoms in total. The van der Waals surface area contributed by atoms with Crippen molar-refractivity contribution in [2.75, 3.05) is 23.7 Å². The number of aromatic nitrogens is 5. The van der Waals surface area contributed by atoms with Crippen LogP contribution in [0, 0.1) is 5.92 Å². The molecule has 1 fully saturated rings. The highest BCUT2D eigenvalue weighted by Gasteiger charge is 2.21. The molecule has 0 aliphatic heterocycles. The number of hydrogen-bond acceptors (Lipinski definition) is 6. The first-order valence-electron chi connectivity index (χ1n) is 6.57. The van der Waals surface area contributed by atoms with Crippen LogP contribution >= 0.6 is 0 Å². The SMILES string of the molecule is CCNc1nc(NCC2CC2)nc(-n2ccnc2)n1. The van der Waals surface area contributed by atoms with Gasteiger partial charge in [0.15, 0.2) is 0 Å². The fraction of sp³-hybridized carbons (Fsp3) is 0.500. The summed E-state index contributed by atoms with van der Waals surface area (Å²) in [4.78, 5) is 17.1. The monoisotopic (exact) mass is 259 g/mol. The van der Waals surface area contributed by atoms with Crippen molar-refractivity contribution in [2.45, 2.75) is 19.8 Å². The van der Waals surface area contributed by atoms with Gasteiger partial charge in [0.2, 0.25) is 17.8 Å². The van der Waals surface area contributed by atoms with Crippen molar-refractivity contribution in [2.24, 2.45) is 5.92 Å². The van der Waals surface area contributed by atoms with E-state index in [1.165, 1.54) is 12.8 Å². The smallest absolute Gasteiger partial charge is 0.241 e. The first kappa shape index (κ1) is 11.9. The van der Waals surface area contributed by atoms with Gasteiger partial charge in [-0.15, -0.1) is 0 Å². The Kier molecular flexibility index (Phi) is 3.26. The molecule has 7 heteroatoms. The van der Waals surface area contributed by atoms with Crippen LogP contribution in [-0.4, -0.2) is 37.6 Å². The quantitative estimate of drug-likeness (QED) is 0.814. The molecule has 0 spiro atoms. The van der Waals surface area contributed by atoms with Gasteiger partial charge in [0.25, 0.3) is 0 Å². The zero-order chi connectivity index (χ0) is 13.1. The molecule has 2 N–H and O–H groups in total. The minimum absolute atomic E-state index is 0.571. The van der Waals surface area contributed by atoms with Crippen LogP contribution in [0.3, 0.4) is 0 Å². The van der Waals surface area contributed by atoms with Crippen molar-refractivity contribution in [1.29, 1.82) is 0 Å². The molecule has 19 heavy (non-hydrogen) atoms. The van der Waals surface area contributed by atoms with E-state index in [4.69, 9.17) is 0 Å². The maximum atomic E-state index is 4.41. The van der Waals surface area contributed by atoms with E-state index in [9.17, 15) is 0 Å². The Bertz CT molecular complexity index is 533. The van der Waals surface area contributed by atoms with Gasteiger partial charge in [0.1, 0.15) is 6.33 Å². The highest BCUT2D eigenvalue weighted by Crippen LogP contribution is 2.28. The molecule has 0 unspecified atom stereocenters. The Morgan fingerprint density at radius 3 is 2.63 bits per heavy atom. The molecular formula is C12H17N7. The second-order valence-corrected chi connectivity index (χ2v) is 4.61. The van der Waals surface area contributed by atoms with Gasteiger partial charge in [-0.25, -0.2) is 4.98 Å². The predicted molar refractivity (Wildman–Crippen MR) is 72.3 cm³/mol. The molecule has 1 aliphatic rings. The zero-order valence-electron chi connectivity index (χ0n) is 10.9. The van der Waals surface area contributed by atoms with Crippen LogP contribution in [-0.2, 0) is 0 Å². The lowest BCUT2D eigenvalue weighted by Crippen LogP contribution is -2.13. The van der Waals surface area contributed by atoms with Crippen LogP contribution in [0.5, 0.6) is 0 Å². The fourth-order valence-corrected chi connectivity index (χ4v) is 1.73. The third kappa shape index (κ3) is 2.98. The molecule has 0 bridgehead atoms. The average Bonchev–Trinajstić information content (AvgIpc) is 3.08. The summed E-state index contributed by atoms with van der Waals surface area (Å²) in [5, 5.41) is 6.39. The lowest BCUT2D eigenvalue weighted by atomic mass is 10.4. The standard InChI is InChI=1S/C12H17N7/c1-2-14-10-16-11(15-7-9-3-4-9)18-12(17-10)19-6-5-13-8-19/h5-6,8-9H,2-4,7H2,1H3,(H2,14,15,16,17,18). The van der Waals surface area contributed by atoms with Gasteiger partial charge in [-0.3, -0.25) is 4.57 Å². The van der Waals surface area contributed by atoms with Crippen LogP contribution in [0.1, 0.15) is 19.8 Å². The number of anilines is 2. The first-order valence-corrected chi connectivity index (χ1v) is 6.57. The van der Waals surface area contributed by atoms with E-state index in [2.05, 4.69) is 30.6 Å².